The van der Waals surface area contributed by atoms with Crippen molar-refractivity contribution in [3.63, 3.8) is 0 Å². The Hall–Kier alpha value is -1.45. The summed E-state index contributed by atoms with van der Waals surface area (Å²) in [6.45, 7) is 2.19. The van der Waals surface area contributed by atoms with E-state index in [9.17, 15) is 13.2 Å². The zero-order chi connectivity index (χ0) is 14.8. The van der Waals surface area contributed by atoms with E-state index >= 15 is 0 Å². The van der Waals surface area contributed by atoms with Gasteiger partial charge in [-0.25, -0.2) is 13.4 Å². The molecule has 1 aromatic rings. The third-order valence-electron chi connectivity index (χ3n) is 3.08. The first-order chi connectivity index (χ1) is 9.50. The number of hydrogen-bond acceptors (Lipinski definition) is 6. The van der Waals surface area contributed by atoms with Crippen molar-refractivity contribution in [1.82, 2.24) is 14.3 Å². The third-order valence-corrected chi connectivity index (χ3v) is 4.90. The van der Waals surface area contributed by atoms with E-state index in [1.54, 1.807) is 0 Å². The van der Waals surface area contributed by atoms with Gasteiger partial charge in [-0.3, -0.25) is 4.79 Å². The van der Waals surface area contributed by atoms with Crippen LogP contribution in [0.3, 0.4) is 0 Å². The van der Waals surface area contributed by atoms with Crippen LogP contribution in [0.1, 0.15) is 12.7 Å². The van der Waals surface area contributed by atoms with Crippen LogP contribution in [-0.4, -0.2) is 61.6 Å². The van der Waals surface area contributed by atoms with Crippen molar-refractivity contribution >= 4 is 16.0 Å². The van der Waals surface area contributed by atoms with Gasteiger partial charge in [0.2, 0.25) is 0 Å². The van der Waals surface area contributed by atoms with Crippen molar-refractivity contribution in [3.05, 3.63) is 12.0 Å². The summed E-state index contributed by atoms with van der Waals surface area (Å²) in [5.74, 6) is -0.0602. The number of aryl methyl sites for hydroxylation is 1. The maximum absolute atomic E-state index is 12.5. The largest absolute Gasteiger partial charge is 0.468 e. The maximum atomic E-state index is 12.5. The molecule has 0 aliphatic carbocycles. The zero-order valence-electron chi connectivity index (χ0n) is 11.3. The molecule has 0 bridgehead atoms. The smallest absolute Gasteiger partial charge is 0.326 e. The van der Waals surface area contributed by atoms with E-state index in [2.05, 4.69) is 14.7 Å². The standard InChI is InChI=1S/C11H17N3O5S/c1-3-9-12-6-10(13-9)20(16,17)14-4-5-19-7-8(14)11(15)18-2/h6,8H,3-5,7H2,1-2H3,(H,12,13). The highest BCUT2D eigenvalue weighted by atomic mass is 32.2. The predicted octanol–water partition coefficient (Wildman–Crippen LogP) is -0.465. The quantitative estimate of drug-likeness (QED) is 0.755. The number of nitrogens with zero attached hydrogens (tertiary/aromatic N) is 2. The SMILES string of the molecule is CCc1ncc(S(=O)(=O)N2CCOCC2C(=O)OC)[nH]1. The second-order valence-corrected chi connectivity index (χ2v) is 6.14. The molecule has 1 aliphatic heterocycles. The van der Waals surface area contributed by atoms with Gasteiger partial charge in [0.05, 0.1) is 26.5 Å². The average molecular weight is 303 g/mol. The van der Waals surface area contributed by atoms with Crippen LogP contribution in [0.2, 0.25) is 0 Å². The monoisotopic (exact) mass is 303 g/mol. The normalized spacial score (nSPS) is 20.8. The minimum atomic E-state index is -3.82. The molecule has 1 aliphatic rings. The van der Waals surface area contributed by atoms with Crippen LogP contribution in [0.5, 0.6) is 0 Å². The van der Waals surface area contributed by atoms with Crippen LogP contribution < -0.4 is 0 Å². The van der Waals surface area contributed by atoms with Gasteiger partial charge < -0.3 is 14.5 Å². The van der Waals surface area contributed by atoms with Crippen LogP contribution in [0.25, 0.3) is 0 Å². The van der Waals surface area contributed by atoms with E-state index < -0.39 is 22.0 Å². The van der Waals surface area contributed by atoms with E-state index in [1.807, 2.05) is 6.92 Å². The van der Waals surface area contributed by atoms with Crippen LogP contribution in [0, 0.1) is 0 Å². The summed E-state index contributed by atoms with van der Waals surface area (Å²) in [7, 11) is -2.61. The number of carbonyl (C=O) groups excluding carboxylic acids is 1. The summed E-state index contributed by atoms with van der Waals surface area (Å²) in [5, 5.41) is -0.0230. The number of sulfonamides is 1. The summed E-state index contributed by atoms with van der Waals surface area (Å²) in [5.41, 5.74) is 0. The maximum Gasteiger partial charge on any atom is 0.326 e. The Bertz CT molecular complexity index is 583. The molecule has 0 spiro atoms. The molecule has 1 N–H and O–H groups in total. The first kappa shape index (κ1) is 14.9. The molecule has 2 rings (SSSR count). The fourth-order valence-corrected chi connectivity index (χ4v) is 3.46. The van der Waals surface area contributed by atoms with Gasteiger partial charge in [-0.1, -0.05) is 6.92 Å². The van der Waals surface area contributed by atoms with E-state index in [0.717, 1.165) is 4.31 Å². The molecule has 1 fully saturated rings. The molecule has 1 saturated heterocycles. The summed E-state index contributed by atoms with van der Waals surface area (Å²) in [6.07, 6.45) is 1.86. The fourth-order valence-electron chi connectivity index (χ4n) is 1.98. The highest BCUT2D eigenvalue weighted by Gasteiger charge is 2.39. The van der Waals surface area contributed by atoms with Gasteiger partial charge in [0, 0.05) is 13.0 Å². The summed E-state index contributed by atoms with van der Waals surface area (Å²) in [4.78, 5) is 18.4. The van der Waals surface area contributed by atoms with Gasteiger partial charge in [-0.2, -0.15) is 4.31 Å². The third kappa shape index (κ3) is 2.69. The second kappa shape index (κ2) is 5.90. The van der Waals surface area contributed by atoms with Crippen molar-refractivity contribution in [2.24, 2.45) is 0 Å². The molecule has 1 atom stereocenters. The molecular formula is C11H17N3O5S. The Morgan fingerprint density at radius 2 is 2.40 bits per heavy atom. The van der Waals surface area contributed by atoms with Gasteiger partial charge >= 0.3 is 5.97 Å². The molecule has 1 unspecified atom stereocenters. The molecule has 9 heteroatoms. The summed E-state index contributed by atoms with van der Waals surface area (Å²) < 4.78 is 36.0. The second-order valence-electron chi connectivity index (χ2n) is 4.28. The molecule has 0 saturated carbocycles. The number of hydrogen-bond donors (Lipinski definition) is 1. The Balaban J connectivity index is 2.32. The van der Waals surface area contributed by atoms with E-state index in [0.29, 0.717) is 12.2 Å². The number of aromatic amines is 1. The number of esters is 1. The van der Waals surface area contributed by atoms with Gasteiger partial charge in [0.25, 0.3) is 10.0 Å². The minimum Gasteiger partial charge on any atom is -0.468 e. The Labute approximate surface area is 117 Å². The molecule has 20 heavy (non-hydrogen) atoms. The number of methoxy groups -OCH3 is 1. The Kier molecular flexibility index (Phi) is 4.41. The minimum absolute atomic E-state index is 0.0132. The van der Waals surface area contributed by atoms with Gasteiger partial charge in [-0.05, 0) is 0 Å². The molecule has 112 valence electrons. The van der Waals surface area contributed by atoms with Crippen molar-refractivity contribution < 1.29 is 22.7 Å². The molecule has 8 nitrogen and oxygen atoms in total. The van der Waals surface area contributed by atoms with E-state index in [-0.39, 0.29) is 24.8 Å². The Morgan fingerprint density at radius 3 is 3.00 bits per heavy atom. The molecule has 0 amide bonds. The lowest BCUT2D eigenvalue weighted by atomic mass is 10.3. The number of imidazole rings is 1. The Morgan fingerprint density at radius 1 is 1.65 bits per heavy atom. The lowest BCUT2D eigenvalue weighted by Gasteiger charge is -2.31. The first-order valence-electron chi connectivity index (χ1n) is 6.22. The number of aromatic nitrogens is 2. The van der Waals surface area contributed by atoms with Crippen LogP contribution in [0.4, 0.5) is 0 Å². The van der Waals surface area contributed by atoms with Crippen molar-refractivity contribution in [3.8, 4) is 0 Å². The molecule has 1 aromatic heterocycles. The molecule has 0 radical (unpaired) electrons. The summed E-state index contributed by atoms with van der Waals surface area (Å²) in [6, 6.07) is -0.966. The number of ether oxygens (including phenoxy) is 2. The number of H-pyrrole nitrogens is 1. The van der Waals surface area contributed by atoms with Crippen molar-refractivity contribution in [1.29, 1.82) is 0 Å². The van der Waals surface area contributed by atoms with Crippen LogP contribution in [-0.2, 0) is 30.7 Å². The molecule has 0 aromatic carbocycles. The predicted molar refractivity (Wildman–Crippen MR) is 68.5 cm³/mol. The van der Waals surface area contributed by atoms with Gasteiger partial charge in [0.15, 0.2) is 5.03 Å². The van der Waals surface area contributed by atoms with E-state index in [4.69, 9.17) is 4.74 Å². The van der Waals surface area contributed by atoms with E-state index in [1.165, 1.54) is 13.3 Å². The van der Waals surface area contributed by atoms with Crippen LogP contribution >= 0.6 is 0 Å². The molecular weight excluding hydrogens is 286 g/mol. The summed E-state index contributed by atoms with van der Waals surface area (Å²) >= 11 is 0. The highest BCUT2D eigenvalue weighted by Crippen LogP contribution is 2.20. The lowest BCUT2D eigenvalue weighted by Crippen LogP contribution is -2.52. The number of rotatable bonds is 4. The first-order valence-corrected chi connectivity index (χ1v) is 7.66. The molecule has 2 heterocycles. The number of morpholine rings is 1. The average Bonchev–Trinajstić information content (AvgIpc) is 2.96. The zero-order valence-corrected chi connectivity index (χ0v) is 12.1. The van der Waals surface area contributed by atoms with Gasteiger partial charge in [0.1, 0.15) is 11.9 Å². The van der Waals surface area contributed by atoms with Gasteiger partial charge in [-0.15, -0.1) is 0 Å². The highest BCUT2D eigenvalue weighted by molar-refractivity contribution is 7.89. The number of nitrogens with one attached hydrogen (secondary N) is 1. The number of carbonyl (C=O) groups is 1. The van der Waals surface area contributed by atoms with Crippen LogP contribution in [0.15, 0.2) is 11.2 Å². The lowest BCUT2D eigenvalue weighted by molar-refractivity contribution is -0.149. The topological polar surface area (TPSA) is 102 Å². The van der Waals surface area contributed by atoms with Crippen molar-refractivity contribution in [2.45, 2.75) is 24.4 Å². The van der Waals surface area contributed by atoms with Crippen molar-refractivity contribution in [2.75, 3.05) is 26.9 Å². The fraction of sp³-hybridized carbons (Fsp3) is 0.636.